The first-order valence-corrected chi connectivity index (χ1v) is 12.6. The number of sulfone groups is 1. The summed E-state index contributed by atoms with van der Waals surface area (Å²) < 4.78 is 35.1. The van der Waals surface area contributed by atoms with Crippen molar-refractivity contribution < 1.29 is 27.2 Å². The molecule has 1 fully saturated rings. The van der Waals surface area contributed by atoms with Crippen molar-refractivity contribution in [3.05, 3.63) is 44.5 Å². The number of carbonyl (C=O) groups excluding carboxylic acids is 1. The van der Waals surface area contributed by atoms with Crippen molar-refractivity contribution in [2.24, 2.45) is 0 Å². The largest absolute Gasteiger partial charge is 0.460 e. The number of fused-ring (bicyclic) bond motifs is 4. The summed E-state index contributed by atoms with van der Waals surface area (Å²) in [7, 11) is -3.39. The molecule has 1 aliphatic carbocycles. The molecule has 0 bridgehead atoms. The van der Waals surface area contributed by atoms with Gasteiger partial charge in [0.15, 0.2) is 9.84 Å². The molecule has 2 N–H and O–H groups in total. The van der Waals surface area contributed by atoms with E-state index < -0.39 is 33.5 Å². The second kappa shape index (κ2) is 7.45. The summed E-state index contributed by atoms with van der Waals surface area (Å²) in [6, 6.07) is 1.11. The number of amides is 1. The molecule has 1 aliphatic heterocycles. The minimum Gasteiger partial charge on any atom is -0.460 e. The van der Waals surface area contributed by atoms with Gasteiger partial charge in [-0.1, -0.05) is 0 Å². The third-order valence-corrected chi connectivity index (χ3v) is 8.45. The van der Waals surface area contributed by atoms with Gasteiger partial charge in [-0.05, 0) is 44.7 Å². The van der Waals surface area contributed by atoms with Crippen molar-refractivity contribution in [2.75, 3.05) is 11.5 Å². The molecular formula is C23H25NO7S. The van der Waals surface area contributed by atoms with Crippen LogP contribution in [0.2, 0.25) is 0 Å². The zero-order valence-corrected chi connectivity index (χ0v) is 18.8. The Morgan fingerprint density at radius 1 is 1.09 bits per heavy atom. The van der Waals surface area contributed by atoms with Crippen molar-refractivity contribution in [3.8, 4) is 0 Å². The molecule has 9 heteroatoms. The molecule has 0 spiro atoms. The minimum absolute atomic E-state index is 0.224. The van der Waals surface area contributed by atoms with Gasteiger partial charge in [0.1, 0.15) is 16.9 Å². The molecular weight excluding hydrogens is 434 g/mol. The summed E-state index contributed by atoms with van der Waals surface area (Å²) >= 11 is 0. The standard InChI is InChI=1S/C23H25NO7S/c1-11-14-7-16-13-5-3-4-6-19(13)30-22(16)12(2)21(14)31-23(27)15(11)8-20(26)24-17-9-32(28,29)10-18(17)25/h7,17-18,25H,3-6,8-10H2,1-2H3,(H,24,26)/t17-,18-/m0/s1. The van der Waals surface area contributed by atoms with Crippen LogP contribution in [-0.2, 0) is 33.9 Å². The van der Waals surface area contributed by atoms with Crippen molar-refractivity contribution in [1.82, 2.24) is 5.32 Å². The molecule has 1 saturated heterocycles. The number of aryl methyl sites for hydroxylation is 4. The maximum absolute atomic E-state index is 12.8. The third kappa shape index (κ3) is 3.44. The average molecular weight is 460 g/mol. The predicted octanol–water partition coefficient (Wildman–Crippen LogP) is 1.85. The molecule has 1 amide bonds. The zero-order valence-electron chi connectivity index (χ0n) is 18.0. The fourth-order valence-electron chi connectivity index (χ4n) is 5.01. The van der Waals surface area contributed by atoms with Gasteiger partial charge in [-0.2, -0.15) is 0 Å². The number of hydrogen-bond acceptors (Lipinski definition) is 7. The van der Waals surface area contributed by atoms with Crippen molar-refractivity contribution in [1.29, 1.82) is 0 Å². The van der Waals surface area contributed by atoms with Crippen molar-refractivity contribution in [3.63, 3.8) is 0 Å². The number of furan rings is 1. The van der Waals surface area contributed by atoms with E-state index in [9.17, 15) is 23.1 Å². The third-order valence-electron chi connectivity index (χ3n) is 6.73. The number of benzene rings is 1. The fraction of sp³-hybridized carbons (Fsp3) is 0.478. The van der Waals surface area contributed by atoms with E-state index in [-0.39, 0.29) is 23.5 Å². The minimum atomic E-state index is -3.39. The van der Waals surface area contributed by atoms with Crippen LogP contribution in [0.4, 0.5) is 0 Å². The van der Waals surface area contributed by atoms with Crippen LogP contribution in [0.3, 0.4) is 0 Å². The van der Waals surface area contributed by atoms with E-state index in [4.69, 9.17) is 8.83 Å². The average Bonchev–Trinajstić information content (AvgIpc) is 3.22. The van der Waals surface area contributed by atoms with E-state index in [0.29, 0.717) is 11.1 Å². The van der Waals surface area contributed by atoms with Gasteiger partial charge in [-0.3, -0.25) is 4.79 Å². The Morgan fingerprint density at radius 2 is 1.81 bits per heavy atom. The van der Waals surface area contributed by atoms with Crippen LogP contribution < -0.4 is 10.9 Å². The Bertz CT molecular complexity index is 1430. The number of carbonyl (C=O) groups is 1. The number of hydrogen-bond donors (Lipinski definition) is 2. The SMILES string of the molecule is Cc1c(CC(=O)N[C@H]2CS(=O)(=O)C[C@@H]2O)c(=O)oc2c(C)c3oc4c(c3cc12)CCCC4. The molecule has 170 valence electrons. The smallest absolute Gasteiger partial charge is 0.340 e. The van der Waals surface area contributed by atoms with Crippen LogP contribution >= 0.6 is 0 Å². The molecule has 2 atom stereocenters. The Hall–Kier alpha value is -2.65. The molecule has 5 rings (SSSR count). The van der Waals surface area contributed by atoms with E-state index in [1.165, 1.54) is 5.56 Å². The summed E-state index contributed by atoms with van der Waals surface area (Å²) in [6.07, 6.45) is 2.64. The van der Waals surface area contributed by atoms with Gasteiger partial charge < -0.3 is 19.3 Å². The Balaban J connectivity index is 1.53. The van der Waals surface area contributed by atoms with Crippen LogP contribution in [0.1, 0.15) is 40.9 Å². The van der Waals surface area contributed by atoms with E-state index in [2.05, 4.69) is 5.32 Å². The fourth-order valence-corrected chi connectivity index (χ4v) is 6.75. The normalized spacial score (nSPS) is 22.3. The Morgan fingerprint density at radius 3 is 2.53 bits per heavy atom. The number of rotatable bonds is 3. The van der Waals surface area contributed by atoms with E-state index in [0.717, 1.165) is 53.4 Å². The summed E-state index contributed by atoms with van der Waals surface area (Å²) in [5, 5.41) is 14.2. The van der Waals surface area contributed by atoms with Gasteiger partial charge in [0.05, 0.1) is 35.6 Å². The topological polar surface area (TPSA) is 127 Å². The van der Waals surface area contributed by atoms with Crippen molar-refractivity contribution >= 4 is 37.7 Å². The maximum Gasteiger partial charge on any atom is 0.340 e. The highest BCUT2D eigenvalue weighted by atomic mass is 32.2. The van der Waals surface area contributed by atoms with E-state index >= 15 is 0 Å². The molecule has 1 aromatic carbocycles. The van der Waals surface area contributed by atoms with Crippen molar-refractivity contribution in [2.45, 2.75) is 58.1 Å². The lowest BCUT2D eigenvalue weighted by Crippen LogP contribution is -2.43. The Labute approximate surface area is 184 Å². The number of aliphatic hydroxyl groups is 1. The highest BCUT2D eigenvalue weighted by Crippen LogP contribution is 2.37. The highest BCUT2D eigenvalue weighted by Gasteiger charge is 2.37. The van der Waals surface area contributed by atoms with E-state index in [1.807, 2.05) is 13.0 Å². The van der Waals surface area contributed by atoms with Crippen LogP contribution in [-0.4, -0.2) is 43.1 Å². The highest BCUT2D eigenvalue weighted by molar-refractivity contribution is 7.91. The number of nitrogens with one attached hydrogen (secondary N) is 1. The lowest BCUT2D eigenvalue weighted by atomic mass is 9.93. The van der Waals surface area contributed by atoms with Gasteiger partial charge in [-0.25, -0.2) is 13.2 Å². The van der Waals surface area contributed by atoms with Gasteiger partial charge in [0.2, 0.25) is 5.91 Å². The van der Waals surface area contributed by atoms with Gasteiger partial charge >= 0.3 is 5.63 Å². The lowest BCUT2D eigenvalue weighted by Gasteiger charge is -2.15. The van der Waals surface area contributed by atoms with E-state index in [1.54, 1.807) is 6.92 Å². The molecule has 2 aliphatic rings. The lowest BCUT2D eigenvalue weighted by molar-refractivity contribution is -0.121. The van der Waals surface area contributed by atoms with Gasteiger partial charge in [0, 0.05) is 28.3 Å². The molecule has 0 saturated carbocycles. The molecule has 32 heavy (non-hydrogen) atoms. The number of aliphatic hydroxyl groups excluding tert-OH is 1. The first kappa shape index (κ1) is 21.2. The van der Waals surface area contributed by atoms with Crippen LogP contribution in [0, 0.1) is 13.8 Å². The molecule has 3 heterocycles. The van der Waals surface area contributed by atoms with Gasteiger partial charge in [-0.15, -0.1) is 0 Å². The monoisotopic (exact) mass is 459 g/mol. The first-order chi connectivity index (χ1) is 15.1. The quantitative estimate of drug-likeness (QED) is 0.572. The molecule has 0 unspecified atom stereocenters. The summed E-state index contributed by atoms with van der Waals surface area (Å²) in [6.45, 7) is 3.66. The predicted molar refractivity (Wildman–Crippen MR) is 119 cm³/mol. The van der Waals surface area contributed by atoms with Crippen LogP contribution in [0.15, 0.2) is 19.7 Å². The van der Waals surface area contributed by atoms with Crippen LogP contribution in [0.5, 0.6) is 0 Å². The molecule has 2 aromatic heterocycles. The first-order valence-electron chi connectivity index (χ1n) is 10.8. The maximum atomic E-state index is 12.8. The molecule has 8 nitrogen and oxygen atoms in total. The van der Waals surface area contributed by atoms with Gasteiger partial charge in [0.25, 0.3) is 0 Å². The summed E-state index contributed by atoms with van der Waals surface area (Å²) in [4.78, 5) is 25.3. The summed E-state index contributed by atoms with van der Waals surface area (Å²) in [5.41, 5.74) is 3.44. The Kier molecular flexibility index (Phi) is 4.94. The summed E-state index contributed by atoms with van der Waals surface area (Å²) in [5.74, 6) is -0.221. The molecule has 3 aromatic rings. The second-order valence-electron chi connectivity index (χ2n) is 8.95. The van der Waals surface area contributed by atoms with Crippen LogP contribution in [0.25, 0.3) is 21.9 Å². The second-order valence-corrected chi connectivity index (χ2v) is 11.1. The molecule has 0 radical (unpaired) electrons. The zero-order chi connectivity index (χ0) is 22.8.